The molecular weight excluding hydrogens is 1140 g/mol. The van der Waals surface area contributed by atoms with Gasteiger partial charge in [-0.1, -0.05) is 127 Å². The van der Waals surface area contributed by atoms with Crippen molar-refractivity contribution in [1.29, 1.82) is 0 Å². The number of hydrogen-bond donors (Lipinski definition) is 0. The zero-order chi connectivity index (χ0) is 59.1. The maximum absolute atomic E-state index is 14.2. The van der Waals surface area contributed by atoms with E-state index in [1.165, 1.54) is 16.9 Å². The first-order valence-corrected chi connectivity index (χ1v) is 22.6. The SMILES string of the molecule is FC(F)(F)c1cc([B-](c2cc(C(F)(F)F)cc(C(F)(F)F)c2)(c2cc(C(F)(F)F)cc(C(F)(F)F)c2)c2cc(C(F)(F)F)cc(C(F)(F)F)c2)cc(C(F)(F)F)c1.O=C(C=Cc1ccccc1)c1scc[n+]1Cc1ccccc1. The average Bonchev–Trinajstić information content (AvgIpc) is 3.98. The zero-order valence-corrected chi connectivity index (χ0v) is 39.4. The number of aromatic nitrogens is 1. The Balaban J connectivity index is 0.000000378. The van der Waals surface area contributed by atoms with Gasteiger partial charge in [0.1, 0.15) is 6.15 Å². The molecule has 79 heavy (non-hydrogen) atoms. The van der Waals surface area contributed by atoms with Crippen LogP contribution in [-0.2, 0) is 56.0 Å². The first-order valence-electron chi connectivity index (χ1n) is 21.7. The number of ketones is 1. The highest BCUT2D eigenvalue weighted by Gasteiger charge is 2.47. The number of carbonyl (C=O) groups excluding carboxylic acids is 1. The molecule has 0 N–H and O–H groups in total. The van der Waals surface area contributed by atoms with Crippen molar-refractivity contribution in [2.24, 2.45) is 0 Å². The predicted molar refractivity (Wildman–Crippen MR) is 240 cm³/mol. The third kappa shape index (κ3) is 14.5. The molecule has 420 valence electrons. The van der Waals surface area contributed by atoms with E-state index in [4.69, 9.17) is 0 Å². The Morgan fingerprint density at radius 3 is 0.924 bits per heavy atom. The number of hydrogen-bond acceptors (Lipinski definition) is 2. The minimum atomic E-state index is -6.13. The molecule has 28 heteroatoms. The molecule has 0 aliphatic carbocycles. The topological polar surface area (TPSA) is 20.9 Å². The third-order valence-corrected chi connectivity index (χ3v) is 12.7. The molecule has 0 atom stereocenters. The van der Waals surface area contributed by atoms with Gasteiger partial charge in [-0.25, -0.2) is 0 Å². The lowest BCUT2D eigenvalue weighted by Gasteiger charge is -2.46. The highest BCUT2D eigenvalue weighted by molar-refractivity contribution is 7.20. The first-order chi connectivity index (χ1) is 36.1. The van der Waals surface area contributed by atoms with Crippen LogP contribution in [0, 0.1) is 0 Å². The summed E-state index contributed by atoms with van der Waals surface area (Å²) in [6.07, 6.45) is -49.3. The summed E-state index contributed by atoms with van der Waals surface area (Å²) < 4.78 is 343. The molecule has 1 heterocycles. The minimum absolute atomic E-state index is 0.0368. The lowest BCUT2D eigenvalue weighted by Crippen LogP contribution is -2.75. The van der Waals surface area contributed by atoms with Crippen molar-refractivity contribution in [2.45, 2.75) is 56.0 Å². The van der Waals surface area contributed by atoms with E-state index in [1.807, 2.05) is 70.8 Å². The normalized spacial score (nSPS) is 13.4. The van der Waals surface area contributed by atoms with Crippen molar-refractivity contribution >= 4 is 51.2 Å². The van der Waals surface area contributed by atoms with Crippen LogP contribution in [0.1, 0.15) is 65.4 Å². The van der Waals surface area contributed by atoms with Crippen LogP contribution in [0.4, 0.5) is 105 Å². The van der Waals surface area contributed by atoms with E-state index < -0.39 is 195 Å². The van der Waals surface area contributed by atoms with E-state index in [-0.39, 0.29) is 5.78 Å². The molecule has 0 saturated heterocycles. The van der Waals surface area contributed by atoms with E-state index in [2.05, 4.69) is 12.1 Å². The van der Waals surface area contributed by atoms with Crippen LogP contribution in [0.5, 0.6) is 0 Å². The lowest BCUT2D eigenvalue weighted by molar-refractivity contribution is -0.685. The van der Waals surface area contributed by atoms with Gasteiger partial charge in [0.15, 0.2) is 12.7 Å². The average molecular weight is 1170 g/mol. The minimum Gasteiger partial charge on any atom is -0.281 e. The summed E-state index contributed by atoms with van der Waals surface area (Å²) in [7, 11) is 0. The molecule has 7 rings (SSSR count). The van der Waals surface area contributed by atoms with Gasteiger partial charge in [-0.2, -0.15) is 132 Å². The van der Waals surface area contributed by atoms with Gasteiger partial charge >= 0.3 is 54.4 Å². The van der Waals surface area contributed by atoms with E-state index in [1.54, 1.807) is 6.08 Å². The number of thiazole rings is 1. The fraction of sp³-hybridized carbons (Fsp3) is 0.176. The number of rotatable bonds is 9. The molecule has 0 aliphatic rings. The second kappa shape index (κ2) is 21.8. The van der Waals surface area contributed by atoms with Crippen LogP contribution in [0.2, 0.25) is 0 Å². The molecular formula is C51H28BF24NOS. The fourth-order valence-electron chi connectivity index (χ4n) is 8.29. The summed E-state index contributed by atoms with van der Waals surface area (Å²) in [5.41, 5.74) is -28.0. The Labute approximate surface area is 432 Å². The van der Waals surface area contributed by atoms with Gasteiger partial charge in [0.05, 0.1) is 49.9 Å². The standard InChI is InChI=1S/C32H12BF24.C19H16NOS/c34-25(35,36)13-1-14(26(37,38)39)6-21(5-13)33(22-7-15(27(40,41)42)2-16(8-22)28(43,44)45,23-9-17(29(46,47)48)3-18(10-23)30(49,50)51)24-11-19(31(52,53)54)4-20(12-24)32(55,56)57;21-18(12-11-16-7-3-1-4-8-16)19-20(13-14-22-19)15-17-9-5-2-6-10-17/h1-12H;1-14H,15H2/q-1;+1. The molecule has 0 bridgehead atoms. The van der Waals surface area contributed by atoms with Gasteiger partial charge in [0.25, 0.3) is 5.78 Å². The van der Waals surface area contributed by atoms with Crippen molar-refractivity contribution in [3.05, 3.63) is 212 Å². The summed E-state index contributed by atoms with van der Waals surface area (Å²) in [6, 6.07) is 11.2. The molecule has 0 saturated carbocycles. The number of nitrogens with zero attached hydrogens (tertiary/aromatic N) is 1. The van der Waals surface area contributed by atoms with Crippen molar-refractivity contribution in [2.75, 3.05) is 0 Å². The molecule has 0 amide bonds. The maximum atomic E-state index is 14.2. The predicted octanol–water partition coefficient (Wildman–Crippen LogP) is 15.2. The monoisotopic (exact) mass is 1170 g/mol. The lowest BCUT2D eigenvalue weighted by atomic mass is 9.12. The highest BCUT2D eigenvalue weighted by atomic mass is 32.1. The van der Waals surface area contributed by atoms with Gasteiger partial charge < -0.3 is 0 Å². The largest absolute Gasteiger partial charge is 0.416 e. The van der Waals surface area contributed by atoms with E-state index in [0.29, 0.717) is 6.54 Å². The summed E-state index contributed by atoms with van der Waals surface area (Å²) in [6.45, 7) is 0.713. The van der Waals surface area contributed by atoms with Crippen molar-refractivity contribution < 1.29 is 115 Å². The zero-order valence-electron chi connectivity index (χ0n) is 38.6. The number of allylic oxidation sites excluding steroid dienone is 1. The molecule has 0 radical (unpaired) electrons. The van der Waals surface area contributed by atoms with E-state index in [0.717, 1.165) is 10.6 Å². The van der Waals surface area contributed by atoms with E-state index >= 15 is 0 Å². The Morgan fingerprint density at radius 1 is 0.392 bits per heavy atom. The van der Waals surface area contributed by atoms with Crippen LogP contribution in [0.3, 0.4) is 0 Å². The van der Waals surface area contributed by atoms with Crippen LogP contribution in [0.15, 0.2) is 151 Å². The molecule has 7 aromatic rings. The highest BCUT2D eigenvalue weighted by Crippen LogP contribution is 2.41. The Hall–Kier alpha value is -7.26. The van der Waals surface area contributed by atoms with E-state index in [9.17, 15) is 110 Å². The Kier molecular flexibility index (Phi) is 16.8. The Bertz CT molecular complexity index is 2890. The van der Waals surface area contributed by atoms with Gasteiger partial charge in [-0.15, -0.1) is 0 Å². The number of benzene rings is 6. The third-order valence-electron chi connectivity index (χ3n) is 11.8. The summed E-state index contributed by atoms with van der Waals surface area (Å²) in [5, 5.41) is 2.70. The fourth-order valence-corrected chi connectivity index (χ4v) is 9.07. The molecule has 6 aromatic carbocycles. The molecule has 1 aromatic heterocycles. The van der Waals surface area contributed by atoms with Crippen LogP contribution < -0.4 is 26.4 Å². The van der Waals surface area contributed by atoms with Crippen molar-refractivity contribution in [1.82, 2.24) is 0 Å². The summed E-state index contributed by atoms with van der Waals surface area (Å²) >= 11 is 1.47. The van der Waals surface area contributed by atoms with Crippen LogP contribution in [0.25, 0.3) is 6.08 Å². The first kappa shape index (κ1) is 61.0. The number of halogens is 24. The number of carbonyl (C=O) groups is 1. The van der Waals surface area contributed by atoms with Gasteiger partial charge in [0.2, 0.25) is 0 Å². The van der Waals surface area contributed by atoms with Gasteiger partial charge in [-0.05, 0) is 35.9 Å². The second-order valence-electron chi connectivity index (χ2n) is 17.2. The molecule has 0 fully saturated rings. The molecule has 0 aliphatic heterocycles. The van der Waals surface area contributed by atoms with Crippen LogP contribution >= 0.6 is 11.3 Å². The van der Waals surface area contributed by atoms with Gasteiger partial charge in [0, 0.05) is 5.56 Å². The maximum Gasteiger partial charge on any atom is 0.416 e. The molecule has 0 unspecified atom stereocenters. The van der Waals surface area contributed by atoms with Crippen molar-refractivity contribution in [3.63, 3.8) is 0 Å². The van der Waals surface area contributed by atoms with Gasteiger partial charge in [-0.3, -0.25) is 4.79 Å². The summed E-state index contributed by atoms with van der Waals surface area (Å²) in [4.78, 5) is 12.4. The van der Waals surface area contributed by atoms with Crippen LogP contribution in [-0.4, -0.2) is 11.9 Å². The quantitative estimate of drug-likeness (QED) is 0.0464. The van der Waals surface area contributed by atoms with Crippen molar-refractivity contribution in [3.8, 4) is 0 Å². The second-order valence-corrected chi connectivity index (χ2v) is 18.0. The summed E-state index contributed by atoms with van der Waals surface area (Å²) in [5.74, 6) is 0.0368. The number of alkyl halides is 24. The Morgan fingerprint density at radius 2 is 0.658 bits per heavy atom. The molecule has 0 spiro atoms. The smallest absolute Gasteiger partial charge is 0.281 e. The molecule has 2 nitrogen and oxygen atoms in total.